The van der Waals surface area contributed by atoms with Crippen LogP contribution in [0.1, 0.15) is 50.5 Å². The highest BCUT2D eigenvalue weighted by Gasteiger charge is 2.16. The number of nitrogens with zero attached hydrogens (tertiary/aromatic N) is 1. The quantitative estimate of drug-likeness (QED) is 0.445. The first-order valence-electron chi connectivity index (χ1n) is 9.85. The minimum absolute atomic E-state index is 0.0676. The van der Waals surface area contributed by atoms with Crippen molar-refractivity contribution in [2.45, 2.75) is 57.6 Å². The number of likely N-dealkylation sites (N-methyl/N-ethyl adjacent to an activating group) is 1. The summed E-state index contributed by atoms with van der Waals surface area (Å²) in [6.45, 7) is 1.67. The minimum atomic E-state index is -0.909. The number of hydrogen-bond donors (Lipinski definition) is 2. The van der Waals surface area contributed by atoms with Crippen molar-refractivity contribution in [2.75, 3.05) is 27.2 Å². The van der Waals surface area contributed by atoms with Crippen molar-refractivity contribution >= 4 is 11.9 Å². The normalized spacial score (nSPS) is 12.1. The molecule has 0 heterocycles. The van der Waals surface area contributed by atoms with Crippen molar-refractivity contribution in [1.82, 2.24) is 10.2 Å². The van der Waals surface area contributed by atoms with Crippen LogP contribution in [-0.2, 0) is 20.9 Å². The summed E-state index contributed by atoms with van der Waals surface area (Å²) in [4.78, 5) is 24.7. The molecule has 1 atom stereocenters. The molecule has 0 aliphatic carbocycles. The molecule has 6 nitrogen and oxygen atoms in total. The summed E-state index contributed by atoms with van der Waals surface area (Å²) in [6, 6.07) is 5.94. The number of carboxylic acids is 1. The van der Waals surface area contributed by atoms with E-state index in [-0.39, 0.29) is 24.2 Å². The van der Waals surface area contributed by atoms with E-state index in [4.69, 9.17) is 9.84 Å². The van der Waals surface area contributed by atoms with E-state index in [1.807, 2.05) is 19.0 Å². The average molecular weight is 397 g/mol. The first-order valence-corrected chi connectivity index (χ1v) is 9.85. The van der Waals surface area contributed by atoms with Crippen LogP contribution in [-0.4, -0.2) is 55.2 Å². The third kappa shape index (κ3) is 12.4. The number of carbonyl (C=O) groups is 2. The molecule has 158 valence electrons. The van der Waals surface area contributed by atoms with Gasteiger partial charge in [0.25, 0.3) is 0 Å². The van der Waals surface area contributed by atoms with Crippen LogP contribution in [0.3, 0.4) is 0 Å². The first kappa shape index (κ1) is 24.0. The molecule has 0 saturated carbocycles. The zero-order valence-corrected chi connectivity index (χ0v) is 17.0. The summed E-state index contributed by atoms with van der Waals surface area (Å²) in [7, 11) is 3.70. The van der Waals surface area contributed by atoms with Crippen LogP contribution >= 0.6 is 0 Å². The predicted molar refractivity (Wildman–Crippen MR) is 106 cm³/mol. The second-order valence-electron chi connectivity index (χ2n) is 7.32. The number of ether oxygens (including phenoxy) is 1. The first-order chi connectivity index (χ1) is 13.4. The lowest BCUT2D eigenvalue weighted by atomic mass is 10.1. The van der Waals surface area contributed by atoms with Gasteiger partial charge < -0.3 is 20.1 Å². The summed E-state index contributed by atoms with van der Waals surface area (Å²) in [5.41, 5.74) is 0.961. The number of hydrogen-bond acceptors (Lipinski definition) is 4. The molecule has 28 heavy (non-hydrogen) atoms. The summed E-state index contributed by atoms with van der Waals surface area (Å²) in [6.07, 6.45) is 5.13. The third-order valence-corrected chi connectivity index (χ3v) is 4.25. The monoisotopic (exact) mass is 396 g/mol. The van der Waals surface area contributed by atoms with Crippen molar-refractivity contribution in [3.63, 3.8) is 0 Å². The Kier molecular flexibility index (Phi) is 12.1. The van der Waals surface area contributed by atoms with Crippen LogP contribution in [0.5, 0.6) is 0 Å². The highest BCUT2D eigenvalue weighted by Crippen LogP contribution is 2.08. The molecule has 0 aliphatic rings. The number of benzene rings is 1. The second-order valence-corrected chi connectivity index (χ2v) is 7.32. The van der Waals surface area contributed by atoms with E-state index in [1.54, 1.807) is 12.1 Å². The molecule has 1 unspecified atom stereocenters. The maximum atomic E-state index is 12.8. The smallest absolute Gasteiger partial charge is 0.305 e. The molecule has 0 radical (unpaired) electrons. The molecule has 0 fully saturated rings. The Balaban J connectivity index is 2.02. The zero-order chi connectivity index (χ0) is 20.8. The molecule has 0 saturated heterocycles. The lowest BCUT2D eigenvalue weighted by molar-refractivity contribution is -0.137. The van der Waals surface area contributed by atoms with Gasteiger partial charge in [-0.1, -0.05) is 31.4 Å². The van der Waals surface area contributed by atoms with E-state index in [2.05, 4.69) is 5.32 Å². The van der Waals surface area contributed by atoms with Crippen molar-refractivity contribution in [3.05, 3.63) is 35.6 Å². The fourth-order valence-corrected chi connectivity index (χ4v) is 2.90. The number of aliphatic carboxylic acids is 1. The SMILES string of the molecule is CN(C)CC(CC(=O)O)NC(=O)CCCCCCCOCc1ccc(F)cc1. The summed E-state index contributed by atoms with van der Waals surface area (Å²) >= 11 is 0. The highest BCUT2D eigenvalue weighted by atomic mass is 19.1. The number of carboxylic acid groups (broad SMARTS) is 1. The van der Waals surface area contributed by atoms with Crippen molar-refractivity contribution < 1.29 is 23.8 Å². The summed E-state index contributed by atoms with van der Waals surface area (Å²) in [5.74, 6) is -1.24. The molecule has 0 aromatic heterocycles. The van der Waals surface area contributed by atoms with Crippen molar-refractivity contribution in [2.24, 2.45) is 0 Å². The largest absolute Gasteiger partial charge is 0.481 e. The lowest BCUT2D eigenvalue weighted by Crippen LogP contribution is -2.42. The zero-order valence-electron chi connectivity index (χ0n) is 17.0. The minimum Gasteiger partial charge on any atom is -0.481 e. The third-order valence-electron chi connectivity index (χ3n) is 4.25. The van der Waals surface area contributed by atoms with Gasteiger partial charge >= 0.3 is 5.97 Å². The van der Waals surface area contributed by atoms with Gasteiger partial charge in [0, 0.05) is 19.6 Å². The number of nitrogens with one attached hydrogen (secondary N) is 1. The number of unbranched alkanes of at least 4 members (excludes halogenated alkanes) is 4. The van der Waals surface area contributed by atoms with E-state index in [1.165, 1.54) is 12.1 Å². The van der Waals surface area contributed by atoms with Crippen LogP contribution in [0.25, 0.3) is 0 Å². The molecule has 2 N–H and O–H groups in total. The maximum absolute atomic E-state index is 12.8. The Labute approximate surface area is 167 Å². The van der Waals surface area contributed by atoms with Gasteiger partial charge in [-0.25, -0.2) is 4.39 Å². The van der Waals surface area contributed by atoms with E-state index in [0.717, 1.165) is 37.7 Å². The molecular weight excluding hydrogens is 363 g/mol. The van der Waals surface area contributed by atoms with Gasteiger partial charge in [0.2, 0.25) is 5.91 Å². The molecule has 0 spiro atoms. The maximum Gasteiger partial charge on any atom is 0.305 e. The van der Waals surface area contributed by atoms with Gasteiger partial charge in [-0.2, -0.15) is 0 Å². The molecular formula is C21H33FN2O4. The van der Waals surface area contributed by atoms with Crippen molar-refractivity contribution in [3.8, 4) is 0 Å². The Morgan fingerprint density at radius 3 is 2.39 bits per heavy atom. The number of halogens is 1. The Hall–Kier alpha value is -1.99. The van der Waals surface area contributed by atoms with Crippen molar-refractivity contribution in [1.29, 1.82) is 0 Å². The Morgan fingerprint density at radius 1 is 1.11 bits per heavy atom. The average Bonchev–Trinajstić information content (AvgIpc) is 2.60. The Morgan fingerprint density at radius 2 is 1.75 bits per heavy atom. The van der Waals surface area contributed by atoms with Gasteiger partial charge in [0.1, 0.15) is 5.82 Å². The highest BCUT2D eigenvalue weighted by molar-refractivity contribution is 5.77. The molecule has 1 amide bonds. The molecule has 1 aromatic carbocycles. The summed E-state index contributed by atoms with van der Waals surface area (Å²) < 4.78 is 18.4. The van der Waals surface area contributed by atoms with Crippen LogP contribution in [0.2, 0.25) is 0 Å². The standard InChI is InChI=1S/C21H33FN2O4/c1-24(2)15-19(14-21(26)27)23-20(25)8-6-4-3-5-7-13-28-16-17-9-11-18(22)12-10-17/h9-12,19H,3-8,13-16H2,1-2H3,(H,23,25)(H,26,27). The number of rotatable bonds is 15. The second kappa shape index (κ2) is 14.1. The van der Waals surface area contributed by atoms with E-state index in [0.29, 0.717) is 26.2 Å². The van der Waals surface area contributed by atoms with Gasteiger partial charge in [-0.3, -0.25) is 9.59 Å². The van der Waals surface area contributed by atoms with Crippen LogP contribution in [0.15, 0.2) is 24.3 Å². The molecule has 1 aromatic rings. The fraction of sp³-hybridized carbons (Fsp3) is 0.619. The lowest BCUT2D eigenvalue weighted by Gasteiger charge is -2.20. The number of carbonyl (C=O) groups excluding carboxylic acids is 1. The van der Waals surface area contributed by atoms with Gasteiger partial charge in [0.15, 0.2) is 0 Å². The van der Waals surface area contributed by atoms with Gasteiger partial charge in [-0.05, 0) is 44.6 Å². The molecule has 0 aliphatic heterocycles. The molecule has 0 bridgehead atoms. The Bertz CT molecular complexity index is 578. The fourth-order valence-electron chi connectivity index (χ4n) is 2.90. The van der Waals surface area contributed by atoms with Gasteiger partial charge in [0.05, 0.1) is 19.1 Å². The molecule has 7 heteroatoms. The van der Waals surface area contributed by atoms with Crippen LogP contribution in [0, 0.1) is 5.82 Å². The van der Waals surface area contributed by atoms with Crippen LogP contribution in [0.4, 0.5) is 4.39 Å². The molecule has 1 rings (SSSR count). The van der Waals surface area contributed by atoms with E-state index < -0.39 is 5.97 Å². The predicted octanol–water partition coefficient (Wildman–Crippen LogP) is 3.20. The van der Waals surface area contributed by atoms with E-state index >= 15 is 0 Å². The number of amides is 1. The van der Waals surface area contributed by atoms with E-state index in [9.17, 15) is 14.0 Å². The topological polar surface area (TPSA) is 78.9 Å². The van der Waals surface area contributed by atoms with Gasteiger partial charge in [-0.15, -0.1) is 0 Å². The van der Waals surface area contributed by atoms with Crippen LogP contribution < -0.4 is 5.32 Å². The summed E-state index contributed by atoms with van der Waals surface area (Å²) in [5, 5.41) is 11.7.